The van der Waals surface area contributed by atoms with Gasteiger partial charge in [0.25, 0.3) is 0 Å². The van der Waals surface area contributed by atoms with Crippen LogP contribution < -0.4 is 4.74 Å². The molecule has 0 spiro atoms. The Morgan fingerprint density at radius 1 is 0.947 bits per heavy atom. The molecule has 5 nitrogen and oxygen atoms in total. The Morgan fingerprint density at radius 3 is 2.68 bits per heavy atom. The van der Waals surface area contributed by atoms with Gasteiger partial charge in [0, 0.05) is 35.6 Å². The highest BCUT2D eigenvalue weighted by Gasteiger charge is 2.11. The first kappa shape index (κ1) is 10.3. The van der Waals surface area contributed by atoms with Crippen molar-refractivity contribution in [3.05, 3.63) is 43.0 Å². The van der Waals surface area contributed by atoms with Crippen LogP contribution in [-0.2, 0) is 0 Å². The summed E-state index contributed by atoms with van der Waals surface area (Å²) in [6, 6.07) is 5.90. The van der Waals surface area contributed by atoms with Gasteiger partial charge in [-0.05, 0) is 18.2 Å². The highest BCUT2D eigenvalue weighted by atomic mass is 16.5. The molecule has 4 rings (SSSR count). The summed E-state index contributed by atoms with van der Waals surface area (Å²) >= 11 is 0. The van der Waals surface area contributed by atoms with E-state index >= 15 is 0 Å². The van der Waals surface area contributed by atoms with E-state index in [1.54, 1.807) is 25.7 Å². The molecular formula is C14H10N4O. The number of methoxy groups -OCH3 is 1. The van der Waals surface area contributed by atoms with Gasteiger partial charge in [0.1, 0.15) is 16.9 Å². The number of nitrogens with zero attached hydrogens (tertiary/aromatic N) is 4. The second-order valence-electron chi connectivity index (χ2n) is 4.26. The standard InChI is InChI=1S/C14H10N4O/c1-19-9-2-3-10-11(8-9)13-17-6-7-18(13)14-12(10)15-4-5-16-14/h2-8H,1H3. The van der Waals surface area contributed by atoms with Crippen LogP contribution in [0.25, 0.3) is 27.6 Å². The molecule has 92 valence electrons. The highest BCUT2D eigenvalue weighted by Crippen LogP contribution is 2.29. The van der Waals surface area contributed by atoms with Crippen molar-refractivity contribution < 1.29 is 4.74 Å². The zero-order valence-corrected chi connectivity index (χ0v) is 10.2. The van der Waals surface area contributed by atoms with Crippen molar-refractivity contribution in [2.45, 2.75) is 0 Å². The van der Waals surface area contributed by atoms with Gasteiger partial charge >= 0.3 is 0 Å². The average molecular weight is 250 g/mol. The summed E-state index contributed by atoms with van der Waals surface area (Å²) in [5.41, 5.74) is 2.54. The molecule has 0 aliphatic rings. The number of aromatic nitrogens is 4. The molecule has 0 N–H and O–H groups in total. The van der Waals surface area contributed by atoms with Crippen molar-refractivity contribution in [1.82, 2.24) is 19.4 Å². The number of ether oxygens (including phenoxy) is 1. The molecule has 3 aromatic heterocycles. The lowest BCUT2D eigenvalue weighted by molar-refractivity contribution is 0.415. The molecule has 0 radical (unpaired) electrons. The zero-order valence-electron chi connectivity index (χ0n) is 10.2. The predicted molar refractivity (Wildman–Crippen MR) is 72.3 cm³/mol. The molecule has 0 fully saturated rings. The van der Waals surface area contributed by atoms with E-state index in [0.29, 0.717) is 0 Å². The molecule has 3 heterocycles. The molecule has 0 atom stereocenters. The fraction of sp³-hybridized carbons (Fsp3) is 0.0714. The van der Waals surface area contributed by atoms with Crippen molar-refractivity contribution in [2.24, 2.45) is 0 Å². The van der Waals surface area contributed by atoms with Crippen LogP contribution >= 0.6 is 0 Å². The summed E-state index contributed by atoms with van der Waals surface area (Å²) in [5.74, 6) is 0.806. The van der Waals surface area contributed by atoms with Crippen molar-refractivity contribution in [1.29, 1.82) is 0 Å². The molecule has 19 heavy (non-hydrogen) atoms. The summed E-state index contributed by atoms with van der Waals surface area (Å²) < 4.78 is 7.24. The van der Waals surface area contributed by atoms with Gasteiger partial charge in [-0.2, -0.15) is 0 Å². The van der Waals surface area contributed by atoms with E-state index in [-0.39, 0.29) is 0 Å². The normalized spacial score (nSPS) is 11.4. The van der Waals surface area contributed by atoms with Crippen LogP contribution in [0.15, 0.2) is 43.0 Å². The second-order valence-corrected chi connectivity index (χ2v) is 4.26. The van der Waals surface area contributed by atoms with Crippen molar-refractivity contribution in [2.75, 3.05) is 7.11 Å². The number of pyridine rings is 1. The van der Waals surface area contributed by atoms with Gasteiger partial charge in [0.2, 0.25) is 0 Å². The molecule has 0 bridgehead atoms. The van der Waals surface area contributed by atoms with Crippen LogP contribution in [0.4, 0.5) is 0 Å². The lowest BCUT2D eigenvalue weighted by atomic mass is 10.1. The van der Waals surface area contributed by atoms with Crippen LogP contribution in [0.5, 0.6) is 5.75 Å². The SMILES string of the molecule is COc1ccc2c(c1)c1nccn1c1nccnc21. The molecular weight excluding hydrogens is 240 g/mol. The van der Waals surface area contributed by atoms with Crippen LogP contribution in [-0.4, -0.2) is 26.5 Å². The van der Waals surface area contributed by atoms with E-state index in [0.717, 1.165) is 33.3 Å². The first-order valence-corrected chi connectivity index (χ1v) is 5.92. The smallest absolute Gasteiger partial charge is 0.165 e. The third kappa shape index (κ3) is 1.32. The molecule has 0 aliphatic carbocycles. The molecule has 1 aromatic carbocycles. The van der Waals surface area contributed by atoms with Gasteiger partial charge in [-0.15, -0.1) is 0 Å². The van der Waals surface area contributed by atoms with Gasteiger partial charge < -0.3 is 4.74 Å². The third-order valence-corrected chi connectivity index (χ3v) is 3.27. The van der Waals surface area contributed by atoms with E-state index in [9.17, 15) is 0 Å². The predicted octanol–water partition coefficient (Wildman–Crippen LogP) is 2.44. The number of imidazole rings is 1. The third-order valence-electron chi connectivity index (χ3n) is 3.27. The Bertz CT molecular complexity index is 913. The minimum atomic E-state index is 0.806. The molecule has 4 aromatic rings. The summed E-state index contributed by atoms with van der Waals surface area (Å²) in [5, 5.41) is 2.04. The largest absolute Gasteiger partial charge is 0.497 e. The number of benzene rings is 1. The van der Waals surface area contributed by atoms with E-state index in [1.807, 2.05) is 28.8 Å². The minimum absolute atomic E-state index is 0.806. The number of hydrogen-bond donors (Lipinski definition) is 0. The number of rotatable bonds is 1. The van der Waals surface area contributed by atoms with Gasteiger partial charge in [-0.1, -0.05) is 0 Å². The van der Waals surface area contributed by atoms with Gasteiger partial charge in [-0.3, -0.25) is 9.38 Å². The molecule has 0 amide bonds. The van der Waals surface area contributed by atoms with Crippen LogP contribution in [0, 0.1) is 0 Å². The maximum atomic E-state index is 5.29. The summed E-state index contributed by atoms with van der Waals surface area (Å²) in [6.07, 6.45) is 7.06. The minimum Gasteiger partial charge on any atom is -0.497 e. The lowest BCUT2D eigenvalue weighted by Crippen LogP contribution is -1.95. The molecule has 0 aliphatic heterocycles. The Hall–Kier alpha value is -2.69. The quantitative estimate of drug-likeness (QED) is 0.487. The summed E-state index contributed by atoms with van der Waals surface area (Å²) in [4.78, 5) is 13.3. The first-order valence-electron chi connectivity index (χ1n) is 5.92. The Labute approximate surface area is 108 Å². The summed E-state index contributed by atoms with van der Waals surface area (Å²) in [7, 11) is 1.66. The van der Waals surface area contributed by atoms with Crippen LogP contribution in [0.2, 0.25) is 0 Å². The lowest BCUT2D eigenvalue weighted by Gasteiger charge is -2.07. The number of fused-ring (bicyclic) bond motifs is 6. The maximum absolute atomic E-state index is 5.29. The molecule has 0 saturated heterocycles. The van der Waals surface area contributed by atoms with E-state index < -0.39 is 0 Å². The fourth-order valence-electron chi connectivity index (χ4n) is 2.41. The topological polar surface area (TPSA) is 52.3 Å². The first-order chi connectivity index (χ1) is 9.38. The van der Waals surface area contributed by atoms with Crippen LogP contribution in [0.1, 0.15) is 0 Å². The van der Waals surface area contributed by atoms with Crippen molar-refractivity contribution >= 4 is 27.6 Å². The van der Waals surface area contributed by atoms with Crippen molar-refractivity contribution in [3.63, 3.8) is 0 Å². The molecule has 0 unspecified atom stereocenters. The Morgan fingerprint density at radius 2 is 1.79 bits per heavy atom. The number of hydrogen-bond acceptors (Lipinski definition) is 4. The second kappa shape index (κ2) is 3.65. The molecule has 5 heteroatoms. The highest BCUT2D eigenvalue weighted by molar-refractivity contribution is 6.09. The fourth-order valence-corrected chi connectivity index (χ4v) is 2.41. The Balaban J connectivity index is 2.34. The average Bonchev–Trinajstić information content (AvgIpc) is 2.97. The van der Waals surface area contributed by atoms with Gasteiger partial charge in [-0.25, -0.2) is 9.97 Å². The van der Waals surface area contributed by atoms with E-state index in [2.05, 4.69) is 15.0 Å². The molecule has 0 saturated carbocycles. The van der Waals surface area contributed by atoms with Crippen molar-refractivity contribution in [3.8, 4) is 5.75 Å². The van der Waals surface area contributed by atoms with Gasteiger partial charge in [0.05, 0.1) is 7.11 Å². The maximum Gasteiger partial charge on any atom is 0.165 e. The van der Waals surface area contributed by atoms with E-state index in [1.165, 1.54) is 0 Å². The zero-order chi connectivity index (χ0) is 12.8. The summed E-state index contributed by atoms with van der Waals surface area (Å²) in [6.45, 7) is 0. The Kier molecular flexibility index (Phi) is 1.97. The van der Waals surface area contributed by atoms with Crippen LogP contribution in [0.3, 0.4) is 0 Å². The monoisotopic (exact) mass is 250 g/mol. The van der Waals surface area contributed by atoms with E-state index in [4.69, 9.17) is 4.74 Å². The van der Waals surface area contributed by atoms with Gasteiger partial charge in [0.15, 0.2) is 5.65 Å².